The van der Waals surface area contributed by atoms with Gasteiger partial charge in [-0.2, -0.15) is 5.10 Å². The average molecular weight is 275 g/mol. The van der Waals surface area contributed by atoms with Crippen LogP contribution in [0.2, 0.25) is 0 Å². The molecule has 0 aliphatic heterocycles. The molecule has 3 nitrogen and oxygen atoms in total. The molecule has 0 unspecified atom stereocenters. The smallest absolute Gasteiger partial charge is 0.123 e. The monoisotopic (exact) mass is 275 g/mol. The first-order valence-corrected chi connectivity index (χ1v) is 7.16. The van der Waals surface area contributed by atoms with Gasteiger partial charge in [0.05, 0.1) is 6.20 Å². The molecule has 20 heavy (non-hydrogen) atoms. The van der Waals surface area contributed by atoms with Gasteiger partial charge in [0, 0.05) is 24.8 Å². The minimum absolute atomic E-state index is 0.164. The molecule has 0 fully saturated rings. The fourth-order valence-corrected chi connectivity index (χ4v) is 2.24. The van der Waals surface area contributed by atoms with Gasteiger partial charge >= 0.3 is 0 Å². The van der Waals surface area contributed by atoms with Gasteiger partial charge in [-0.25, -0.2) is 4.39 Å². The predicted octanol–water partition coefficient (Wildman–Crippen LogP) is 3.07. The van der Waals surface area contributed by atoms with Gasteiger partial charge in [-0.15, -0.1) is 0 Å². The third kappa shape index (κ3) is 4.17. The van der Waals surface area contributed by atoms with Gasteiger partial charge in [0.15, 0.2) is 0 Å². The molecule has 1 aromatic heterocycles. The van der Waals surface area contributed by atoms with E-state index in [9.17, 15) is 4.39 Å². The van der Waals surface area contributed by atoms with Gasteiger partial charge in [0.1, 0.15) is 5.82 Å². The second-order valence-electron chi connectivity index (χ2n) is 5.11. The van der Waals surface area contributed by atoms with Crippen LogP contribution >= 0.6 is 0 Å². The predicted molar refractivity (Wildman–Crippen MR) is 79.1 cm³/mol. The Balaban J connectivity index is 1.75. The summed E-state index contributed by atoms with van der Waals surface area (Å²) in [7, 11) is 0. The summed E-state index contributed by atoms with van der Waals surface area (Å²) in [5.41, 5.74) is 3.41. The molecule has 0 bridgehead atoms. The number of hydrogen-bond acceptors (Lipinski definition) is 2. The van der Waals surface area contributed by atoms with Gasteiger partial charge in [0.2, 0.25) is 0 Å². The lowest BCUT2D eigenvalue weighted by Gasteiger charge is -2.06. The molecule has 0 spiro atoms. The van der Waals surface area contributed by atoms with Crippen molar-refractivity contribution in [1.29, 1.82) is 0 Å². The van der Waals surface area contributed by atoms with Crippen LogP contribution in [0.4, 0.5) is 4.39 Å². The highest BCUT2D eigenvalue weighted by molar-refractivity contribution is 5.26. The van der Waals surface area contributed by atoms with Crippen molar-refractivity contribution in [3.8, 4) is 0 Å². The number of nitrogens with zero attached hydrogens (tertiary/aromatic N) is 2. The number of benzene rings is 1. The van der Waals surface area contributed by atoms with Crippen LogP contribution in [-0.2, 0) is 19.5 Å². The number of hydrogen-bond donors (Lipinski definition) is 1. The Morgan fingerprint density at radius 3 is 2.95 bits per heavy atom. The summed E-state index contributed by atoms with van der Waals surface area (Å²) in [5, 5.41) is 7.70. The van der Waals surface area contributed by atoms with Crippen molar-refractivity contribution in [3.63, 3.8) is 0 Å². The topological polar surface area (TPSA) is 29.9 Å². The summed E-state index contributed by atoms with van der Waals surface area (Å²) >= 11 is 0. The van der Waals surface area contributed by atoms with Gasteiger partial charge in [-0.05, 0) is 49.6 Å². The van der Waals surface area contributed by atoms with E-state index >= 15 is 0 Å². The number of nitrogens with one attached hydrogen (secondary N) is 1. The molecule has 2 aromatic rings. The average Bonchev–Trinajstić information content (AvgIpc) is 2.85. The van der Waals surface area contributed by atoms with Crippen LogP contribution in [0.5, 0.6) is 0 Å². The maximum atomic E-state index is 13.0. The Bertz CT molecular complexity index is 548. The van der Waals surface area contributed by atoms with Crippen LogP contribution in [0.25, 0.3) is 0 Å². The first-order chi connectivity index (χ1) is 9.69. The van der Waals surface area contributed by atoms with Gasteiger partial charge < -0.3 is 5.32 Å². The van der Waals surface area contributed by atoms with Crippen molar-refractivity contribution in [2.75, 3.05) is 6.54 Å². The van der Waals surface area contributed by atoms with E-state index < -0.39 is 0 Å². The number of aromatic nitrogens is 2. The fourth-order valence-electron chi connectivity index (χ4n) is 2.24. The van der Waals surface area contributed by atoms with Crippen LogP contribution < -0.4 is 5.32 Å². The standard InChI is InChI=1S/C16H22FN3/c1-3-8-20-12-14(11-19-20)10-18-7-6-15-4-5-16(17)9-13(15)2/h4-5,9,11-12,18H,3,6-8,10H2,1-2H3. The zero-order chi connectivity index (χ0) is 14.4. The largest absolute Gasteiger partial charge is 0.312 e. The minimum atomic E-state index is -0.164. The zero-order valence-corrected chi connectivity index (χ0v) is 12.2. The molecular weight excluding hydrogens is 253 g/mol. The molecule has 0 saturated heterocycles. The van der Waals surface area contributed by atoms with Crippen molar-refractivity contribution < 1.29 is 4.39 Å². The Morgan fingerprint density at radius 2 is 2.20 bits per heavy atom. The molecular formula is C16H22FN3. The quantitative estimate of drug-likeness (QED) is 0.787. The maximum Gasteiger partial charge on any atom is 0.123 e. The number of halogens is 1. The van der Waals surface area contributed by atoms with E-state index in [1.807, 2.05) is 23.9 Å². The lowest BCUT2D eigenvalue weighted by atomic mass is 10.1. The highest BCUT2D eigenvalue weighted by atomic mass is 19.1. The van der Waals surface area contributed by atoms with E-state index in [1.54, 1.807) is 6.07 Å². The minimum Gasteiger partial charge on any atom is -0.312 e. The van der Waals surface area contributed by atoms with Crippen LogP contribution in [0.15, 0.2) is 30.6 Å². The molecule has 0 atom stereocenters. The summed E-state index contributed by atoms with van der Waals surface area (Å²) < 4.78 is 15.0. The van der Waals surface area contributed by atoms with E-state index in [0.29, 0.717) is 0 Å². The fraction of sp³-hybridized carbons (Fsp3) is 0.438. The number of rotatable bonds is 7. The van der Waals surface area contributed by atoms with Crippen molar-refractivity contribution in [2.45, 2.75) is 39.8 Å². The van der Waals surface area contributed by atoms with Crippen LogP contribution in [-0.4, -0.2) is 16.3 Å². The zero-order valence-electron chi connectivity index (χ0n) is 12.2. The molecule has 1 aromatic carbocycles. The molecule has 0 aliphatic rings. The Hall–Kier alpha value is -1.68. The molecule has 0 saturated carbocycles. The van der Waals surface area contributed by atoms with Gasteiger partial charge in [-0.3, -0.25) is 4.68 Å². The van der Waals surface area contributed by atoms with Crippen molar-refractivity contribution in [2.24, 2.45) is 0 Å². The Labute approximate surface area is 119 Å². The first kappa shape index (κ1) is 14.7. The lowest BCUT2D eigenvalue weighted by Crippen LogP contribution is -2.16. The van der Waals surface area contributed by atoms with E-state index in [1.165, 1.54) is 17.2 Å². The molecule has 2 rings (SSSR count). The van der Waals surface area contributed by atoms with E-state index in [0.717, 1.165) is 38.0 Å². The highest BCUT2D eigenvalue weighted by Gasteiger charge is 2.01. The first-order valence-electron chi connectivity index (χ1n) is 7.16. The normalized spacial score (nSPS) is 10.9. The Kier molecular flexibility index (Phi) is 5.30. The second kappa shape index (κ2) is 7.20. The third-order valence-corrected chi connectivity index (χ3v) is 3.34. The second-order valence-corrected chi connectivity index (χ2v) is 5.11. The molecule has 1 heterocycles. The summed E-state index contributed by atoms with van der Waals surface area (Å²) in [4.78, 5) is 0. The Morgan fingerprint density at radius 1 is 1.35 bits per heavy atom. The molecule has 0 radical (unpaired) electrons. The SMILES string of the molecule is CCCn1cc(CNCCc2ccc(F)cc2C)cn1. The van der Waals surface area contributed by atoms with Crippen LogP contribution in [0.3, 0.4) is 0 Å². The van der Waals surface area contributed by atoms with E-state index in [4.69, 9.17) is 0 Å². The summed E-state index contributed by atoms with van der Waals surface area (Å²) in [5.74, 6) is -0.164. The van der Waals surface area contributed by atoms with Crippen molar-refractivity contribution >= 4 is 0 Å². The molecule has 108 valence electrons. The summed E-state index contributed by atoms with van der Waals surface area (Å²) in [6.07, 6.45) is 6.00. The molecule has 0 amide bonds. The van der Waals surface area contributed by atoms with Crippen molar-refractivity contribution in [3.05, 3.63) is 53.1 Å². The highest BCUT2D eigenvalue weighted by Crippen LogP contribution is 2.10. The third-order valence-electron chi connectivity index (χ3n) is 3.34. The van der Waals surface area contributed by atoms with E-state index in [-0.39, 0.29) is 5.82 Å². The van der Waals surface area contributed by atoms with Crippen LogP contribution in [0, 0.1) is 12.7 Å². The maximum absolute atomic E-state index is 13.0. The van der Waals surface area contributed by atoms with Crippen LogP contribution in [0.1, 0.15) is 30.0 Å². The van der Waals surface area contributed by atoms with Crippen molar-refractivity contribution in [1.82, 2.24) is 15.1 Å². The summed E-state index contributed by atoms with van der Waals surface area (Å²) in [6, 6.07) is 4.98. The molecule has 4 heteroatoms. The molecule has 0 aliphatic carbocycles. The lowest BCUT2D eigenvalue weighted by molar-refractivity contribution is 0.601. The molecule has 1 N–H and O–H groups in total. The van der Waals surface area contributed by atoms with E-state index in [2.05, 4.69) is 23.5 Å². The van der Waals surface area contributed by atoms with Gasteiger partial charge in [-0.1, -0.05) is 13.0 Å². The van der Waals surface area contributed by atoms with Gasteiger partial charge in [0.25, 0.3) is 0 Å². The summed E-state index contributed by atoms with van der Waals surface area (Å²) in [6.45, 7) is 6.77. The number of aryl methyl sites for hydroxylation is 2.